The van der Waals surface area contributed by atoms with E-state index in [-0.39, 0.29) is 35.6 Å². The van der Waals surface area contributed by atoms with Crippen LogP contribution in [-0.2, 0) is 11.3 Å². The number of aromatic nitrogens is 2. The first-order valence-electron chi connectivity index (χ1n) is 11.5. The second-order valence-electron chi connectivity index (χ2n) is 9.79. The average molecular weight is 453 g/mol. The number of carbonyl (C=O) groups is 2. The number of hydrogen-bond acceptors (Lipinski definition) is 6. The molecule has 3 heterocycles. The van der Waals surface area contributed by atoms with Gasteiger partial charge in [0.15, 0.2) is 5.82 Å². The van der Waals surface area contributed by atoms with Crippen LogP contribution in [0.3, 0.4) is 0 Å². The molecule has 0 spiro atoms. The smallest absolute Gasteiger partial charge is 0.254 e. The first-order chi connectivity index (χ1) is 15.7. The number of nitrogens with zero attached hydrogens (tertiary/aromatic N) is 4. The predicted octanol–water partition coefficient (Wildman–Crippen LogP) is 3.18. The van der Waals surface area contributed by atoms with E-state index in [9.17, 15) is 14.0 Å². The van der Waals surface area contributed by atoms with Gasteiger partial charge < -0.3 is 20.4 Å². The number of halogens is 1. The molecule has 8 nitrogen and oxygen atoms in total. The van der Waals surface area contributed by atoms with E-state index < -0.39 is 0 Å². The number of amides is 2. The molecule has 1 aliphatic carbocycles. The summed E-state index contributed by atoms with van der Waals surface area (Å²) in [6.45, 7) is 7.06. The van der Waals surface area contributed by atoms with E-state index in [0.717, 1.165) is 29.9 Å². The third kappa shape index (κ3) is 3.79. The Bertz CT molecular complexity index is 1130. The SMILES string of the molecule is Cc1nc(NC2CC(CN3Cc4cc(F)ccc4C3=O)C2)nc2c1NC(=O)C(C(C)C)N2C. The number of rotatable bonds is 5. The zero-order valence-corrected chi connectivity index (χ0v) is 19.4. The topological polar surface area (TPSA) is 90.5 Å². The van der Waals surface area contributed by atoms with Crippen LogP contribution in [0.25, 0.3) is 0 Å². The minimum atomic E-state index is -0.304. The van der Waals surface area contributed by atoms with Crippen LogP contribution in [0, 0.1) is 24.6 Å². The molecular weight excluding hydrogens is 423 g/mol. The Labute approximate surface area is 192 Å². The minimum Gasteiger partial charge on any atom is -0.351 e. The first-order valence-corrected chi connectivity index (χ1v) is 11.5. The molecule has 3 aliphatic rings. The van der Waals surface area contributed by atoms with Gasteiger partial charge in [-0.2, -0.15) is 4.98 Å². The Morgan fingerprint density at radius 2 is 2.00 bits per heavy atom. The predicted molar refractivity (Wildman–Crippen MR) is 124 cm³/mol. The molecule has 2 amide bonds. The Morgan fingerprint density at radius 1 is 1.24 bits per heavy atom. The molecule has 5 rings (SSSR count). The monoisotopic (exact) mass is 452 g/mol. The van der Waals surface area contributed by atoms with Gasteiger partial charge in [-0.05, 0) is 55.4 Å². The molecule has 9 heteroatoms. The molecule has 1 atom stereocenters. The summed E-state index contributed by atoms with van der Waals surface area (Å²) in [5.74, 6) is 1.47. The molecule has 1 unspecified atom stereocenters. The van der Waals surface area contributed by atoms with E-state index >= 15 is 0 Å². The van der Waals surface area contributed by atoms with Gasteiger partial charge in [-0.1, -0.05) is 13.8 Å². The Hall–Kier alpha value is -3.23. The number of carbonyl (C=O) groups excluding carboxylic acids is 2. The molecule has 1 saturated carbocycles. The van der Waals surface area contributed by atoms with Crippen LogP contribution in [-0.4, -0.2) is 52.4 Å². The average Bonchev–Trinajstić information content (AvgIpc) is 3.01. The number of likely N-dealkylation sites (N-methyl/N-ethyl adjacent to an activating group) is 1. The van der Waals surface area contributed by atoms with E-state index in [1.54, 1.807) is 6.07 Å². The summed E-state index contributed by atoms with van der Waals surface area (Å²) < 4.78 is 13.5. The van der Waals surface area contributed by atoms with Gasteiger partial charge in [0.2, 0.25) is 11.9 Å². The van der Waals surface area contributed by atoms with Gasteiger partial charge in [-0.15, -0.1) is 0 Å². The third-order valence-corrected chi connectivity index (χ3v) is 6.96. The van der Waals surface area contributed by atoms with Crippen LogP contribution in [0.2, 0.25) is 0 Å². The van der Waals surface area contributed by atoms with Crippen LogP contribution >= 0.6 is 0 Å². The highest BCUT2D eigenvalue weighted by atomic mass is 19.1. The van der Waals surface area contributed by atoms with Gasteiger partial charge in [0.05, 0.1) is 5.69 Å². The van der Waals surface area contributed by atoms with E-state index in [0.29, 0.717) is 36.2 Å². The fourth-order valence-corrected chi connectivity index (χ4v) is 5.27. The number of nitrogens with one attached hydrogen (secondary N) is 2. The molecular formula is C24H29FN6O2. The summed E-state index contributed by atoms with van der Waals surface area (Å²) in [5.41, 5.74) is 2.77. The van der Waals surface area contributed by atoms with E-state index in [1.165, 1.54) is 12.1 Å². The van der Waals surface area contributed by atoms with E-state index in [2.05, 4.69) is 15.6 Å². The normalized spacial score (nSPS) is 23.9. The summed E-state index contributed by atoms with van der Waals surface area (Å²) in [5, 5.41) is 6.39. The third-order valence-electron chi connectivity index (χ3n) is 6.96. The Balaban J connectivity index is 1.21. The maximum Gasteiger partial charge on any atom is 0.254 e. The van der Waals surface area contributed by atoms with Crippen molar-refractivity contribution in [3.05, 3.63) is 40.8 Å². The molecule has 1 fully saturated rings. The molecule has 33 heavy (non-hydrogen) atoms. The molecule has 0 bridgehead atoms. The maximum absolute atomic E-state index is 13.5. The van der Waals surface area contributed by atoms with Crippen molar-refractivity contribution in [1.82, 2.24) is 14.9 Å². The molecule has 2 aromatic rings. The van der Waals surface area contributed by atoms with Crippen molar-refractivity contribution in [2.45, 2.75) is 52.2 Å². The highest BCUT2D eigenvalue weighted by Gasteiger charge is 2.37. The lowest BCUT2D eigenvalue weighted by Crippen LogP contribution is -2.50. The quantitative estimate of drug-likeness (QED) is 0.724. The number of aryl methyl sites for hydroxylation is 1. The van der Waals surface area contributed by atoms with Crippen molar-refractivity contribution in [3.8, 4) is 0 Å². The van der Waals surface area contributed by atoms with Crippen LogP contribution < -0.4 is 15.5 Å². The summed E-state index contributed by atoms with van der Waals surface area (Å²) in [4.78, 5) is 38.1. The number of fused-ring (bicyclic) bond motifs is 2. The van der Waals surface area contributed by atoms with Gasteiger partial charge in [-0.3, -0.25) is 9.59 Å². The summed E-state index contributed by atoms with van der Waals surface area (Å²) >= 11 is 0. The van der Waals surface area contributed by atoms with Crippen molar-refractivity contribution in [2.24, 2.45) is 11.8 Å². The molecule has 2 N–H and O–H groups in total. The van der Waals surface area contributed by atoms with Crippen LogP contribution in [0.5, 0.6) is 0 Å². The zero-order chi connectivity index (χ0) is 23.4. The van der Waals surface area contributed by atoms with E-state index in [1.807, 2.05) is 37.6 Å². The van der Waals surface area contributed by atoms with Crippen LogP contribution in [0.4, 0.5) is 21.8 Å². The number of anilines is 3. The highest BCUT2D eigenvalue weighted by molar-refractivity contribution is 6.03. The second kappa shape index (κ2) is 7.97. The van der Waals surface area contributed by atoms with Gasteiger partial charge >= 0.3 is 0 Å². The molecule has 2 aliphatic heterocycles. The standard InChI is InChI=1S/C24H29FN6O2/c1-12(2)20-22(32)28-19-13(3)26-24(29-21(19)30(20)4)27-17-7-14(8-17)10-31-11-15-9-16(25)5-6-18(15)23(31)33/h5-6,9,12,14,17,20H,7-8,10-11H2,1-4H3,(H,28,32)(H,26,27,29). The highest BCUT2D eigenvalue weighted by Crippen LogP contribution is 2.36. The van der Waals surface area contributed by atoms with Gasteiger partial charge in [0.1, 0.15) is 17.5 Å². The van der Waals surface area contributed by atoms with Gasteiger partial charge in [0, 0.05) is 31.7 Å². The lowest BCUT2D eigenvalue weighted by Gasteiger charge is -2.39. The second-order valence-corrected chi connectivity index (χ2v) is 9.79. The fraction of sp³-hybridized carbons (Fsp3) is 0.500. The molecule has 0 radical (unpaired) electrons. The Morgan fingerprint density at radius 3 is 2.73 bits per heavy atom. The molecule has 1 aromatic carbocycles. The zero-order valence-electron chi connectivity index (χ0n) is 19.4. The summed E-state index contributed by atoms with van der Waals surface area (Å²) in [7, 11) is 1.90. The summed E-state index contributed by atoms with van der Waals surface area (Å²) in [6.07, 6.45) is 1.82. The van der Waals surface area contributed by atoms with Gasteiger partial charge in [0.25, 0.3) is 5.91 Å². The number of hydrogen-bond donors (Lipinski definition) is 2. The summed E-state index contributed by atoms with van der Waals surface area (Å²) in [6, 6.07) is 4.34. The number of benzene rings is 1. The largest absolute Gasteiger partial charge is 0.351 e. The van der Waals surface area contributed by atoms with E-state index in [4.69, 9.17) is 4.98 Å². The maximum atomic E-state index is 13.5. The fourth-order valence-electron chi connectivity index (χ4n) is 5.27. The van der Waals surface area contributed by atoms with Gasteiger partial charge in [-0.25, -0.2) is 9.37 Å². The van der Waals surface area contributed by atoms with Crippen molar-refractivity contribution in [1.29, 1.82) is 0 Å². The van der Waals surface area contributed by atoms with Crippen molar-refractivity contribution in [2.75, 3.05) is 29.1 Å². The van der Waals surface area contributed by atoms with Crippen LogP contribution in [0.1, 0.15) is 48.3 Å². The Kier molecular flexibility index (Phi) is 5.22. The first kappa shape index (κ1) is 21.6. The molecule has 1 aromatic heterocycles. The lowest BCUT2D eigenvalue weighted by atomic mass is 9.80. The van der Waals surface area contributed by atoms with Crippen LogP contribution in [0.15, 0.2) is 18.2 Å². The van der Waals surface area contributed by atoms with Crippen molar-refractivity contribution in [3.63, 3.8) is 0 Å². The minimum absolute atomic E-state index is 0.0140. The lowest BCUT2D eigenvalue weighted by molar-refractivity contribution is -0.118. The molecule has 0 saturated heterocycles. The molecule has 174 valence electrons. The van der Waals surface area contributed by atoms with Crippen molar-refractivity contribution >= 4 is 29.3 Å². The van der Waals surface area contributed by atoms with Crippen molar-refractivity contribution < 1.29 is 14.0 Å².